The third-order valence-electron chi connectivity index (χ3n) is 11.3. The van der Waals surface area contributed by atoms with Crippen LogP contribution in [0.1, 0.15) is 45.6 Å². The molecular formula is C39H54N10O11S2. The lowest BCUT2D eigenvalue weighted by molar-refractivity contribution is -0.144. The Kier molecular flexibility index (Phi) is 16.2. The largest absolute Gasteiger partial charge is 0.394 e. The van der Waals surface area contributed by atoms with Crippen LogP contribution in [0.4, 0.5) is 0 Å². The van der Waals surface area contributed by atoms with E-state index in [1.165, 1.54) is 6.92 Å². The first-order chi connectivity index (χ1) is 29.4. The Morgan fingerprint density at radius 1 is 0.871 bits per heavy atom. The summed E-state index contributed by atoms with van der Waals surface area (Å²) < 4.78 is 0. The number of para-hydroxylation sites is 1. The minimum atomic E-state index is -1.64. The van der Waals surface area contributed by atoms with E-state index < -0.39 is 139 Å². The maximum Gasteiger partial charge on any atom is 0.246 e. The van der Waals surface area contributed by atoms with Crippen molar-refractivity contribution in [2.45, 2.75) is 99.1 Å². The normalized spacial score (nSPS) is 27.8. The average molecular weight is 903 g/mol. The van der Waals surface area contributed by atoms with Crippen molar-refractivity contribution in [3.63, 3.8) is 0 Å². The van der Waals surface area contributed by atoms with Crippen molar-refractivity contribution in [2.24, 2.45) is 17.6 Å². The molecule has 4 heterocycles. The van der Waals surface area contributed by atoms with Crippen LogP contribution >= 0.6 is 24.4 Å². The van der Waals surface area contributed by atoms with E-state index >= 15 is 0 Å². The molecule has 62 heavy (non-hydrogen) atoms. The van der Waals surface area contributed by atoms with E-state index in [1.807, 2.05) is 0 Å². The Morgan fingerprint density at radius 3 is 2.23 bits per heavy atom. The van der Waals surface area contributed by atoms with Crippen molar-refractivity contribution >= 4 is 88.5 Å². The van der Waals surface area contributed by atoms with Gasteiger partial charge in [-0.3, -0.25) is 43.2 Å². The van der Waals surface area contributed by atoms with Gasteiger partial charge in [0.2, 0.25) is 53.2 Å². The van der Waals surface area contributed by atoms with Crippen LogP contribution in [0.25, 0.3) is 10.9 Å². The fourth-order valence-corrected chi connectivity index (χ4v) is 9.01. The molecule has 1 fully saturated rings. The maximum atomic E-state index is 14.4. The highest BCUT2D eigenvalue weighted by molar-refractivity contribution is 7.99. The number of hydrogen-bond acceptors (Lipinski definition) is 13. The van der Waals surface area contributed by atoms with E-state index in [9.17, 15) is 53.4 Å². The highest BCUT2D eigenvalue weighted by atomic mass is 32.2. The molecule has 3 aliphatic rings. The van der Waals surface area contributed by atoms with Crippen LogP contribution in [0.2, 0.25) is 0 Å². The van der Waals surface area contributed by atoms with E-state index in [1.54, 1.807) is 38.1 Å². The number of thiol groups is 1. The molecule has 9 amide bonds. The molecule has 1 aromatic carbocycles. The minimum absolute atomic E-state index is 0.0431. The minimum Gasteiger partial charge on any atom is -0.394 e. The quantitative estimate of drug-likeness (QED) is 0.120. The van der Waals surface area contributed by atoms with Gasteiger partial charge in [-0.15, -0.1) is 11.8 Å². The lowest BCUT2D eigenvalue weighted by Crippen LogP contribution is -2.62. The van der Waals surface area contributed by atoms with Crippen LogP contribution in [0.3, 0.4) is 0 Å². The number of H-pyrrole nitrogens is 1. The number of aliphatic hydroxyl groups is 2. The van der Waals surface area contributed by atoms with E-state index in [0.29, 0.717) is 27.9 Å². The molecule has 10 atom stereocenters. The van der Waals surface area contributed by atoms with Crippen LogP contribution in [0, 0.1) is 11.8 Å². The molecule has 2 bridgehead atoms. The van der Waals surface area contributed by atoms with E-state index in [-0.39, 0.29) is 25.1 Å². The van der Waals surface area contributed by atoms with Crippen molar-refractivity contribution in [3.05, 3.63) is 29.8 Å². The van der Waals surface area contributed by atoms with Crippen LogP contribution < -0.4 is 43.0 Å². The summed E-state index contributed by atoms with van der Waals surface area (Å²) in [6, 6.07) is -1.67. The second kappa shape index (κ2) is 21.1. The number of fused-ring (bicyclic) bond motifs is 5. The smallest absolute Gasteiger partial charge is 0.246 e. The lowest BCUT2D eigenvalue weighted by atomic mass is 9.94. The molecule has 0 spiro atoms. The number of benzene rings is 1. The van der Waals surface area contributed by atoms with Gasteiger partial charge in [0.25, 0.3) is 0 Å². The fourth-order valence-electron chi connectivity index (χ4n) is 7.52. The van der Waals surface area contributed by atoms with Gasteiger partial charge in [0.1, 0.15) is 36.3 Å². The SMILES string of the molecule is CC[C@H](C)[C@@H]1NC(=O)CNC(=O)[C@@H]2Cc3c([nH]c4ccccc34)SC[C@H](NC(=O)CNC1=O)C(=O)N[C@@H](CC(N)=O)C(=O)N1C[C@H](S)C[C@H]1C(=O)N[C@@H]([C@@H](C)[C@@H](O)CO)C(=O)N2. The third kappa shape index (κ3) is 11.5. The number of aromatic amines is 1. The summed E-state index contributed by atoms with van der Waals surface area (Å²) in [5.41, 5.74) is 6.61. The van der Waals surface area contributed by atoms with Gasteiger partial charge in [0.05, 0.1) is 37.2 Å². The van der Waals surface area contributed by atoms with Crippen LogP contribution in [0.5, 0.6) is 0 Å². The summed E-state index contributed by atoms with van der Waals surface area (Å²) >= 11 is 5.54. The predicted octanol–water partition coefficient (Wildman–Crippen LogP) is -3.70. The number of aliphatic hydroxyl groups excluding tert-OH is 2. The van der Waals surface area contributed by atoms with Gasteiger partial charge in [0, 0.05) is 40.8 Å². The van der Waals surface area contributed by atoms with E-state index in [4.69, 9.17) is 5.73 Å². The van der Waals surface area contributed by atoms with Crippen molar-refractivity contribution in [3.8, 4) is 0 Å². The lowest BCUT2D eigenvalue weighted by Gasteiger charge is -2.33. The first kappa shape index (κ1) is 47.7. The molecule has 338 valence electrons. The van der Waals surface area contributed by atoms with Crippen LogP contribution in [-0.4, -0.2) is 153 Å². The topological polar surface area (TPSA) is 323 Å². The predicted molar refractivity (Wildman–Crippen MR) is 227 cm³/mol. The monoisotopic (exact) mass is 902 g/mol. The van der Waals surface area contributed by atoms with Crippen molar-refractivity contribution in [2.75, 3.05) is 32.0 Å². The molecule has 0 radical (unpaired) electrons. The molecular weight excluding hydrogens is 849 g/mol. The highest BCUT2D eigenvalue weighted by Gasteiger charge is 2.44. The van der Waals surface area contributed by atoms with Gasteiger partial charge in [-0.1, -0.05) is 45.4 Å². The molecule has 0 unspecified atom stereocenters. The highest BCUT2D eigenvalue weighted by Crippen LogP contribution is 2.32. The summed E-state index contributed by atoms with van der Waals surface area (Å²) in [5.74, 6) is -9.64. The first-order valence-electron chi connectivity index (χ1n) is 20.3. The Labute approximate surface area is 366 Å². The van der Waals surface area contributed by atoms with Gasteiger partial charge in [-0.2, -0.15) is 12.6 Å². The maximum absolute atomic E-state index is 14.4. The number of aromatic nitrogens is 1. The number of nitrogens with zero attached hydrogens (tertiary/aromatic N) is 1. The van der Waals surface area contributed by atoms with Crippen LogP contribution in [0.15, 0.2) is 29.3 Å². The number of thioether (sulfide) groups is 1. The number of nitrogens with one attached hydrogen (secondary N) is 8. The molecule has 12 N–H and O–H groups in total. The number of primary amides is 1. The molecule has 0 aliphatic carbocycles. The summed E-state index contributed by atoms with van der Waals surface area (Å²) in [4.78, 5) is 128. The number of nitrogens with two attached hydrogens (primary N) is 1. The zero-order valence-electron chi connectivity index (χ0n) is 34.4. The zero-order chi connectivity index (χ0) is 45.4. The first-order valence-corrected chi connectivity index (χ1v) is 21.8. The number of carbonyl (C=O) groups is 9. The fraction of sp³-hybridized carbons (Fsp3) is 0.564. The summed E-state index contributed by atoms with van der Waals surface area (Å²) in [5, 5.41) is 39.0. The van der Waals surface area contributed by atoms with Gasteiger partial charge in [-0.05, 0) is 24.0 Å². The number of hydrogen-bond donors (Lipinski definition) is 12. The zero-order valence-corrected chi connectivity index (χ0v) is 36.1. The van der Waals surface area contributed by atoms with Gasteiger partial charge < -0.3 is 63.0 Å². The molecule has 1 aromatic heterocycles. The molecule has 3 aliphatic heterocycles. The molecule has 5 rings (SSSR count). The van der Waals surface area contributed by atoms with Gasteiger partial charge in [-0.25, -0.2) is 0 Å². The van der Waals surface area contributed by atoms with Crippen LogP contribution in [-0.2, 0) is 49.6 Å². The van der Waals surface area contributed by atoms with E-state index in [2.05, 4.69) is 54.8 Å². The van der Waals surface area contributed by atoms with Crippen molar-refractivity contribution in [1.82, 2.24) is 47.1 Å². The Hall–Kier alpha value is -5.39. The molecule has 21 nitrogen and oxygen atoms in total. The Morgan fingerprint density at radius 2 is 1.55 bits per heavy atom. The Balaban J connectivity index is 1.69. The summed E-state index contributed by atoms with van der Waals surface area (Å²) in [6.45, 7) is 2.65. The van der Waals surface area contributed by atoms with Gasteiger partial charge >= 0.3 is 0 Å². The standard InChI is InChI=1S/C39H54N10O11S2/c1-4-17(2)31-36(58)42-12-29(53)43-25-16-62-38-21(20-7-5-6-8-22(20)46-38)10-23(33(55)41-13-30(54)47-31)44-37(59)32(18(3)27(51)15-50)48-35(57)26-9-19(61)14-49(26)39(60)24(11-28(40)52)45-34(25)56/h5-8,17-19,23-27,31-32,46,50-51,61H,4,9-16H2,1-3H3,(H2,40,52)(H,41,55)(H,42,58)(H,43,53)(H,44,59)(H,45,56)(H,47,54)(H,48,57)/t17-,18-,19+,23-,24-,25-,26-,27-,31-,32-/m0/s1. The molecule has 1 saturated heterocycles. The molecule has 23 heteroatoms. The number of amides is 9. The second-order valence-electron chi connectivity index (χ2n) is 15.8. The molecule has 0 saturated carbocycles. The van der Waals surface area contributed by atoms with Crippen molar-refractivity contribution in [1.29, 1.82) is 0 Å². The number of carbonyl (C=O) groups excluding carboxylic acids is 9. The second-order valence-corrected chi connectivity index (χ2v) is 17.5. The van der Waals surface area contributed by atoms with Crippen molar-refractivity contribution < 1.29 is 53.4 Å². The number of rotatable bonds is 7. The average Bonchev–Trinajstić information content (AvgIpc) is 3.81. The summed E-state index contributed by atoms with van der Waals surface area (Å²) in [7, 11) is 0. The Bertz CT molecular complexity index is 2070. The third-order valence-corrected chi connectivity index (χ3v) is 12.8. The molecule has 2 aromatic rings. The van der Waals surface area contributed by atoms with E-state index in [0.717, 1.165) is 16.7 Å². The van der Waals surface area contributed by atoms with Gasteiger partial charge in [0.15, 0.2) is 0 Å². The summed E-state index contributed by atoms with van der Waals surface area (Å²) in [6.07, 6.45) is -2.12.